The van der Waals surface area contributed by atoms with Crippen molar-refractivity contribution >= 4 is 17.4 Å². The number of halogens is 5. The smallest absolute Gasteiger partial charge is 0.381 e. The predicted molar refractivity (Wildman–Crippen MR) is 104 cm³/mol. The molecule has 0 bridgehead atoms. The number of nitrogens with zero attached hydrogens (tertiary/aromatic N) is 4. The van der Waals surface area contributed by atoms with Crippen LogP contribution >= 0.6 is 0 Å². The van der Waals surface area contributed by atoms with Crippen molar-refractivity contribution in [1.29, 1.82) is 0 Å². The maximum atomic E-state index is 14.3. The molecule has 1 aromatic carbocycles. The van der Waals surface area contributed by atoms with E-state index < -0.39 is 41.4 Å². The highest BCUT2D eigenvalue weighted by molar-refractivity contribution is 6.03. The van der Waals surface area contributed by atoms with Gasteiger partial charge < -0.3 is 15.6 Å². The van der Waals surface area contributed by atoms with Crippen LogP contribution in [0.4, 0.5) is 27.6 Å². The molecule has 2 aromatic heterocycles. The molecule has 3 heterocycles. The quantitative estimate of drug-likeness (QED) is 0.596. The van der Waals surface area contributed by atoms with Crippen LogP contribution in [0.3, 0.4) is 0 Å². The van der Waals surface area contributed by atoms with E-state index in [2.05, 4.69) is 20.3 Å². The van der Waals surface area contributed by atoms with Crippen molar-refractivity contribution in [2.75, 3.05) is 12.0 Å². The first kappa shape index (κ1) is 21.4. The zero-order valence-electron chi connectivity index (χ0n) is 16.2. The number of amidine groups is 1. The molecule has 32 heavy (non-hydrogen) atoms. The summed E-state index contributed by atoms with van der Waals surface area (Å²) < 4.78 is 69.6. The van der Waals surface area contributed by atoms with Gasteiger partial charge in [0, 0.05) is 12.4 Å². The van der Waals surface area contributed by atoms with E-state index in [-0.39, 0.29) is 23.6 Å². The molecule has 1 aliphatic heterocycles. The number of aliphatic imine (C=N–C) groups is 1. The zero-order valence-corrected chi connectivity index (χ0v) is 16.2. The van der Waals surface area contributed by atoms with Gasteiger partial charge >= 0.3 is 6.18 Å². The summed E-state index contributed by atoms with van der Waals surface area (Å²) in [4.78, 5) is 24.2. The van der Waals surface area contributed by atoms with Crippen LogP contribution in [0.2, 0.25) is 0 Å². The molecule has 1 amide bonds. The molecule has 3 N–H and O–H groups in total. The number of nitrogens with one attached hydrogen (secondary N) is 1. The van der Waals surface area contributed by atoms with Gasteiger partial charge in [-0.2, -0.15) is 13.2 Å². The molecule has 1 unspecified atom stereocenters. The van der Waals surface area contributed by atoms with Crippen LogP contribution in [-0.4, -0.2) is 33.0 Å². The summed E-state index contributed by atoms with van der Waals surface area (Å²) in [7, 11) is 0. The van der Waals surface area contributed by atoms with Gasteiger partial charge in [0.05, 0.1) is 24.0 Å². The van der Waals surface area contributed by atoms with Gasteiger partial charge in [0.25, 0.3) is 5.91 Å². The Bertz CT molecular complexity index is 1200. The number of nitrogens with two attached hydrogens (primary N) is 1. The van der Waals surface area contributed by atoms with Crippen LogP contribution in [0.5, 0.6) is 0 Å². The molecule has 7 nitrogen and oxygen atoms in total. The van der Waals surface area contributed by atoms with E-state index >= 15 is 0 Å². The van der Waals surface area contributed by atoms with Gasteiger partial charge in [-0.05, 0) is 29.8 Å². The van der Waals surface area contributed by atoms with Crippen LogP contribution in [0.1, 0.15) is 27.4 Å². The van der Waals surface area contributed by atoms with Gasteiger partial charge in [-0.25, -0.2) is 23.7 Å². The van der Waals surface area contributed by atoms with Crippen LogP contribution in [-0.2, 0) is 18.3 Å². The Hall–Kier alpha value is -3.83. The highest BCUT2D eigenvalue weighted by atomic mass is 19.4. The van der Waals surface area contributed by atoms with E-state index in [1.165, 1.54) is 6.20 Å². The third kappa shape index (κ3) is 3.79. The first-order valence-electron chi connectivity index (χ1n) is 9.20. The Labute approximate surface area is 177 Å². The highest BCUT2D eigenvalue weighted by Crippen LogP contribution is 2.40. The maximum absolute atomic E-state index is 14.3. The van der Waals surface area contributed by atoms with E-state index in [1.807, 2.05) is 0 Å². The average molecular weight is 450 g/mol. The second kappa shape index (κ2) is 7.70. The summed E-state index contributed by atoms with van der Waals surface area (Å²) in [5.74, 6) is -1.46. The minimum absolute atomic E-state index is 0.0577. The first-order chi connectivity index (χ1) is 15.1. The summed E-state index contributed by atoms with van der Waals surface area (Å²) in [5.41, 5.74) is 2.28. The third-order valence-corrected chi connectivity index (χ3v) is 5.00. The van der Waals surface area contributed by atoms with Crippen molar-refractivity contribution in [3.8, 4) is 0 Å². The number of anilines is 1. The summed E-state index contributed by atoms with van der Waals surface area (Å²) in [6.45, 7) is -1.12. The van der Waals surface area contributed by atoms with Crippen LogP contribution < -0.4 is 11.1 Å². The van der Waals surface area contributed by atoms with Crippen LogP contribution in [0.15, 0.2) is 53.9 Å². The van der Waals surface area contributed by atoms with E-state index in [9.17, 15) is 26.7 Å². The van der Waals surface area contributed by atoms with E-state index in [1.54, 1.807) is 10.8 Å². The number of amides is 1. The molecule has 0 fully saturated rings. The number of fused-ring (bicyclic) bond motifs is 1. The van der Waals surface area contributed by atoms with Gasteiger partial charge in [0.1, 0.15) is 23.7 Å². The zero-order chi connectivity index (χ0) is 23.1. The summed E-state index contributed by atoms with van der Waals surface area (Å²) >= 11 is 0. The molecule has 0 aliphatic carbocycles. The number of alkyl halides is 4. The second-order valence-corrected chi connectivity index (χ2v) is 7.11. The number of rotatable bonds is 4. The van der Waals surface area contributed by atoms with Gasteiger partial charge in [0.2, 0.25) is 0 Å². The summed E-state index contributed by atoms with van der Waals surface area (Å²) in [6, 6.07) is 4.80. The van der Waals surface area contributed by atoms with Crippen molar-refractivity contribution in [3.63, 3.8) is 0 Å². The summed E-state index contributed by atoms with van der Waals surface area (Å²) in [5, 5.41) is 2.13. The number of carbonyl (C=O) groups is 1. The van der Waals surface area contributed by atoms with Crippen molar-refractivity contribution in [2.45, 2.75) is 18.3 Å². The standard InChI is InChI=1S/C20H15F5N6O/c21-9-19(10-31-6-5-27-17(31)16(26)30-19)11-1-3-13(20(23,24)25)15(7-11)29-18(32)14-4-2-12(22)8-28-14/h1-8H,9-10H2,(H2,26,30)(H,29,32). The number of aromatic nitrogens is 3. The first-order valence-corrected chi connectivity index (χ1v) is 9.20. The van der Waals surface area contributed by atoms with Gasteiger partial charge in [-0.3, -0.25) is 4.79 Å². The van der Waals surface area contributed by atoms with Crippen molar-refractivity contribution in [3.05, 3.63) is 77.4 Å². The molecule has 0 radical (unpaired) electrons. The lowest BCUT2D eigenvalue weighted by molar-refractivity contribution is -0.136. The lowest BCUT2D eigenvalue weighted by atomic mass is 9.89. The van der Waals surface area contributed by atoms with Gasteiger partial charge in [-0.1, -0.05) is 6.07 Å². The number of hydrogen-bond acceptors (Lipinski definition) is 5. The van der Waals surface area contributed by atoms with E-state index in [4.69, 9.17) is 5.73 Å². The molecular weight excluding hydrogens is 435 g/mol. The Morgan fingerprint density at radius 3 is 2.66 bits per heavy atom. The van der Waals surface area contributed by atoms with Crippen LogP contribution in [0.25, 0.3) is 0 Å². The van der Waals surface area contributed by atoms with Gasteiger partial charge in [0.15, 0.2) is 11.7 Å². The topological polar surface area (TPSA) is 98.2 Å². The largest absolute Gasteiger partial charge is 0.418 e. The molecule has 1 atom stereocenters. The molecule has 3 aromatic rings. The molecule has 4 rings (SSSR count). The normalized spacial score (nSPS) is 18.1. The molecule has 0 saturated heterocycles. The van der Waals surface area contributed by atoms with E-state index in [0.717, 1.165) is 36.5 Å². The SMILES string of the molecule is NC1=NC(CF)(c2ccc(C(F)(F)F)c(NC(=O)c3ccc(F)cn3)c2)Cn2ccnc21. The summed E-state index contributed by atoms with van der Waals surface area (Å²) in [6.07, 6.45) is -1.06. The molecule has 0 spiro atoms. The fourth-order valence-corrected chi connectivity index (χ4v) is 3.45. The van der Waals surface area contributed by atoms with Crippen molar-refractivity contribution in [1.82, 2.24) is 14.5 Å². The molecule has 1 aliphatic rings. The van der Waals surface area contributed by atoms with Crippen LogP contribution in [0, 0.1) is 5.82 Å². The number of imidazole rings is 1. The van der Waals surface area contributed by atoms with Crippen molar-refractivity contribution < 1.29 is 26.7 Å². The lowest BCUT2D eigenvalue weighted by Gasteiger charge is -2.33. The number of hydrogen-bond donors (Lipinski definition) is 2. The van der Waals surface area contributed by atoms with Crippen molar-refractivity contribution in [2.24, 2.45) is 10.7 Å². The highest BCUT2D eigenvalue weighted by Gasteiger charge is 2.40. The Morgan fingerprint density at radius 2 is 2.00 bits per heavy atom. The molecule has 166 valence electrons. The average Bonchev–Trinajstić information content (AvgIpc) is 3.22. The van der Waals surface area contributed by atoms with Gasteiger partial charge in [-0.15, -0.1) is 0 Å². The maximum Gasteiger partial charge on any atom is 0.418 e. The second-order valence-electron chi connectivity index (χ2n) is 7.11. The Kier molecular flexibility index (Phi) is 5.15. The molecular formula is C20H15F5N6O. The number of pyridine rings is 1. The minimum Gasteiger partial charge on any atom is -0.381 e. The fourth-order valence-electron chi connectivity index (χ4n) is 3.45. The lowest BCUT2D eigenvalue weighted by Crippen LogP contribution is -2.40. The fraction of sp³-hybridized carbons (Fsp3) is 0.200. The predicted octanol–water partition coefficient (Wildman–Crippen LogP) is 3.27. The number of benzene rings is 1. The third-order valence-electron chi connectivity index (χ3n) is 5.00. The minimum atomic E-state index is -4.81. The number of carbonyl (C=O) groups excluding carboxylic acids is 1. The van der Waals surface area contributed by atoms with E-state index in [0.29, 0.717) is 5.82 Å². The Morgan fingerprint density at radius 1 is 1.22 bits per heavy atom. The molecule has 12 heteroatoms. The Balaban J connectivity index is 1.77. The monoisotopic (exact) mass is 450 g/mol. The molecule has 0 saturated carbocycles.